The Kier molecular flexibility index (Phi) is 4.68. The van der Waals surface area contributed by atoms with E-state index >= 15 is 0 Å². The van der Waals surface area contributed by atoms with E-state index in [0.29, 0.717) is 23.0 Å². The molecule has 3 rings (SSSR count). The van der Waals surface area contributed by atoms with Gasteiger partial charge >= 0.3 is 11.9 Å². The van der Waals surface area contributed by atoms with Crippen LogP contribution in [0.5, 0.6) is 0 Å². The Morgan fingerprint density at radius 1 is 1.56 bits per heavy atom. The van der Waals surface area contributed by atoms with Crippen LogP contribution in [0, 0.1) is 0 Å². The first-order valence-corrected chi connectivity index (χ1v) is 8.42. The number of H-pyrrole nitrogens is 1. The number of aromatic nitrogens is 2. The number of aliphatic hydroxyl groups excluding tert-OH is 1. The Morgan fingerprint density at radius 3 is 2.92 bits per heavy atom. The number of thioether (sulfide) groups is 1. The van der Waals surface area contributed by atoms with Gasteiger partial charge < -0.3 is 25.3 Å². The summed E-state index contributed by atoms with van der Waals surface area (Å²) in [5.74, 6) is -1.50. The molecule has 0 radical (unpaired) electrons. The quantitative estimate of drug-likeness (QED) is 0.385. The number of aromatic amines is 1. The molecule has 10 nitrogen and oxygen atoms in total. The van der Waals surface area contributed by atoms with E-state index in [9.17, 15) is 19.5 Å². The van der Waals surface area contributed by atoms with Gasteiger partial charge in [-0.05, 0) is 0 Å². The number of hydrogen-bond acceptors (Lipinski definition) is 8. The summed E-state index contributed by atoms with van der Waals surface area (Å²) in [4.78, 5) is 43.0. The third-order valence-corrected chi connectivity index (χ3v) is 5.13. The number of aliphatic carboxylic acids is 1. The molecule has 1 saturated heterocycles. The normalized spacial score (nSPS) is 22.3. The zero-order chi connectivity index (χ0) is 18.1. The SMILES string of the molecule is CC(=O)OCC1=C(C(=O)O)N2C(=O)C(Nc3ncc(CO)[nH]3)[C@H]2SC1. The van der Waals surface area contributed by atoms with Gasteiger partial charge in [-0.25, -0.2) is 9.78 Å². The van der Waals surface area contributed by atoms with Crippen LogP contribution in [0.3, 0.4) is 0 Å². The molecular formula is C14H16N4O6S. The fourth-order valence-electron chi connectivity index (χ4n) is 2.64. The van der Waals surface area contributed by atoms with Gasteiger partial charge in [0.2, 0.25) is 5.95 Å². The smallest absolute Gasteiger partial charge is 0.352 e. The van der Waals surface area contributed by atoms with Crippen LogP contribution >= 0.6 is 11.8 Å². The fourth-order valence-corrected chi connectivity index (χ4v) is 3.97. The van der Waals surface area contributed by atoms with E-state index in [-0.39, 0.29) is 18.9 Å². The van der Waals surface area contributed by atoms with Crippen LogP contribution in [-0.4, -0.2) is 66.7 Å². The van der Waals surface area contributed by atoms with Crippen molar-refractivity contribution in [2.24, 2.45) is 0 Å². The van der Waals surface area contributed by atoms with Crippen molar-refractivity contribution in [2.75, 3.05) is 17.7 Å². The first kappa shape index (κ1) is 17.3. The van der Waals surface area contributed by atoms with Gasteiger partial charge in [0, 0.05) is 18.2 Å². The molecule has 0 aromatic carbocycles. The standard InChI is InChI=1S/C14H16N4O6S/c1-6(20)24-4-7-5-25-12-9(11(21)18(12)10(7)13(22)23)17-14-15-2-8(3-19)16-14/h2,9,12,19H,3-5H2,1H3,(H,22,23)(H2,15,16,17)/t9?,12-/m1/s1. The number of amides is 1. The number of nitrogens with zero attached hydrogens (tertiary/aromatic N) is 2. The average molecular weight is 368 g/mol. The molecule has 0 spiro atoms. The van der Waals surface area contributed by atoms with Crippen molar-refractivity contribution in [1.82, 2.24) is 14.9 Å². The molecule has 0 saturated carbocycles. The van der Waals surface area contributed by atoms with Gasteiger partial charge in [0.15, 0.2) is 0 Å². The number of anilines is 1. The van der Waals surface area contributed by atoms with Crippen molar-refractivity contribution < 1.29 is 29.3 Å². The monoisotopic (exact) mass is 368 g/mol. The minimum absolute atomic E-state index is 0.136. The molecule has 0 aliphatic carbocycles. The Balaban J connectivity index is 1.76. The highest BCUT2D eigenvalue weighted by atomic mass is 32.2. The second kappa shape index (κ2) is 6.76. The summed E-state index contributed by atoms with van der Waals surface area (Å²) in [5, 5.41) is 21.0. The lowest BCUT2D eigenvalue weighted by Crippen LogP contribution is -2.67. The molecule has 1 amide bonds. The van der Waals surface area contributed by atoms with Gasteiger partial charge in [-0.3, -0.25) is 14.5 Å². The van der Waals surface area contributed by atoms with Gasteiger partial charge in [-0.1, -0.05) is 0 Å². The minimum Gasteiger partial charge on any atom is -0.477 e. The number of esters is 1. The summed E-state index contributed by atoms with van der Waals surface area (Å²) in [5.41, 5.74) is 0.747. The molecule has 2 atom stereocenters. The van der Waals surface area contributed by atoms with Gasteiger partial charge in [0.05, 0.1) is 18.5 Å². The molecule has 2 aliphatic rings. The maximum absolute atomic E-state index is 12.4. The molecule has 11 heteroatoms. The summed E-state index contributed by atoms with van der Waals surface area (Å²) in [6.45, 7) is 0.873. The lowest BCUT2D eigenvalue weighted by molar-refractivity contribution is -0.147. The third kappa shape index (κ3) is 3.20. The summed E-state index contributed by atoms with van der Waals surface area (Å²) < 4.78 is 4.88. The maximum Gasteiger partial charge on any atom is 0.352 e. The highest BCUT2D eigenvalue weighted by Crippen LogP contribution is 2.41. The number of fused-ring (bicyclic) bond motifs is 1. The van der Waals surface area contributed by atoms with E-state index in [1.807, 2.05) is 0 Å². The lowest BCUT2D eigenvalue weighted by atomic mass is 10.0. The Bertz CT molecular complexity index is 760. The lowest BCUT2D eigenvalue weighted by Gasteiger charge is -2.49. The summed E-state index contributed by atoms with van der Waals surface area (Å²) >= 11 is 1.38. The zero-order valence-electron chi connectivity index (χ0n) is 13.2. The molecule has 1 aromatic rings. The van der Waals surface area contributed by atoms with E-state index in [1.165, 1.54) is 29.8 Å². The summed E-state index contributed by atoms with van der Waals surface area (Å²) in [6.07, 6.45) is 1.44. The number of carbonyl (C=O) groups excluding carboxylic acids is 2. The van der Waals surface area contributed by atoms with Crippen molar-refractivity contribution in [2.45, 2.75) is 24.9 Å². The van der Waals surface area contributed by atoms with Crippen molar-refractivity contribution >= 4 is 35.6 Å². The average Bonchev–Trinajstić information content (AvgIpc) is 3.04. The number of rotatable bonds is 6. The van der Waals surface area contributed by atoms with Crippen LogP contribution < -0.4 is 5.32 Å². The molecule has 1 aromatic heterocycles. The molecule has 1 fully saturated rings. The van der Waals surface area contributed by atoms with Crippen molar-refractivity contribution in [3.05, 3.63) is 23.2 Å². The van der Waals surface area contributed by atoms with E-state index < -0.39 is 29.3 Å². The number of ether oxygens (including phenoxy) is 1. The van der Waals surface area contributed by atoms with E-state index in [0.717, 1.165) is 0 Å². The van der Waals surface area contributed by atoms with Crippen LogP contribution in [0.2, 0.25) is 0 Å². The molecule has 0 bridgehead atoms. The number of aliphatic hydroxyl groups is 1. The van der Waals surface area contributed by atoms with Crippen LogP contribution in [0.25, 0.3) is 0 Å². The topological polar surface area (TPSA) is 145 Å². The molecule has 1 unspecified atom stereocenters. The Labute approximate surface area is 146 Å². The second-order valence-electron chi connectivity index (χ2n) is 5.48. The molecule has 25 heavy (non-hydrogen) atoms. The van der Waals surface area contributed by atoms with Crippen molar-refractivity contribution in [1.29, 1.82) is 0 Å². The van der Waals surface area contributed by atoms with Gasteiger partial charge in [0.25, 0.3) is 5.91 Å². The predicted molar refractivity (Wildman–Crippen MR) is 86.3 cm³/mol. The van der Waals surface area contributed by atoms with Crippen molar-refractivity contribution in [3.63, 3.8) is 0 Å². The Hall–Kier alpha value is -2.53. The van der Waals surface area contributed by atoms with Gasteiger partial charge in [0.1, 0.15) is 23.7 Å². The van der Waals surface area contributed by atoms with Crippen LogP contribution in [0.4, 0.5) is 5.95 Å². The highest BCUT2D eigenvalue weighted by molar-refractivity contribution is 8.00. The zero-order valence-corrected chi connectivity index (χ0v) is 14.0. The van der Waals surface area contributed by atoms with E-state index in [4.69, 9.17) is 9.84 Å². The second-order valence-corrected chi connectivity index (χ2v) is 6.59. The van der Waals surface area contributed by atoms with E-state index in [2.05, 4.69) is 15.3 Å². The van der Waals surface area contributed by atoms with Crippen LogP contribution in [0.15, 0.2) is 17.5 Å². The molecular weight excluding hydrogens is 352 g/mol. The van der Waals surface area contributed by atoms with E-state index in [1.54, 1.807) is 0 Å². The molecule has 134 valence electrons. The number of carboxylic acid groups (broad SMARTS) is 1. The number of β-lactam (4-membered cyclic amide) rings is 1. The summed E-state index contributed by atoms with van der Waals surface area (Å²) in [6, 6.07) is -0.632. The number of carboxylic acids is 1. The number of hydrogen-bond donors (Lipinski definition) is 4. The highest BCUT2D eigenvalue weighted by Gasteiger charge is 2.54. The van der Waals surface area contributed by atoms with Crippen LogP contribution in [-0.2, 0) is 25.7 Å². The maximum atomic E-state index is 12.4. The summed E-state index contributed by atoms with van der Waals surface area (Å²) in [7, 11) is 0. The molecule has 3 heterocycles. The number of imidazole rings is 1. The number of carbonyl (C=O) groups is 3. The van der Waals surface area contributed by atoms with Gasteiger partial charge in [-0.15, -0.1) is 11.8 Å². The fraction of sp³-hybridized carbons (Fsp3) is 0.429. The molecule has 4 N–H and O–H groups in total. The van der Waals surface area contributed by atoms with Crippen molar-refractivity contribution in [3.8, 4) is 0 Å². The minimum atomic E-state index is -1.24. The largest absolute Gasteiger partial charge is 0.477 e. The predicted octanol–water partition coefficient (Wildman–Crippen LogP) is -0.501. The van der Waals surface area contributed by atoms with Gasteiger partial charge in [-0.2, -0.15) is 0 Å². The Morgan fingerprint density at radius 2 is 2.32 bits per heavy atom. The number of nitrogens with one attached hydrogen (secondary N) is 2. The molecule has 2 aliphatic heterocycles. The first-order chi connectivity index (χ1) is 11.9. The van der Waals surface area contributed by atoms with Crippen LogP contribution in [0.1, 0.15) is 12.6 Å². The third-order valence-electron chi connectivity index (χ3n) is 3.79. The first-order valence-electron chi connectivity index (χ1n) is 7.37.